The van der Waals surface area contributed by atoms with E-state index in [1.807, 2.05) is 6.92 Å². The van der Waals surface area contributed by atoms with E-state index in [4.69, 9.17) is 4.52 Å². The van der Waals surface area contributed by atoms with E-state index in [1.54, 1.807) is 12.1 Å². The van der Waals surface area contributed by atoms with Gasteiger partial charge in [0.05, 0.1) is 0 Å². The fourth-order valence-electron chi connectivity index (χ4n) is 2.57. The minimum absolute atomic E-state index is 0.112. The Morgan fingerprint density at radius 3 is 2.57 bits per heavy atom. The Bertz CT molecular complexity index is 627. The highest BCUT2D eigenvalue weighted by Crippen LogP contribution is 2.39. The molecule has 3 nitrogen and oxygen atoms in total. The van der Waals surface area contributed by atoms with Crippen molar-refractivity contribution in [3.8, 4) is 0 Å². The summed E-state index contributed by atoms with van der Waals surface area (Å²) in [5, 5.41) is 3.52. The van der Waals surface area contributed by atoms with Crippen molar-refractivity contribution in [3.63, 3.8) is 0 Å². The van der Waals surface area contributed by atoms with Crippen molar-refractivity contribution in [1.29, 1.82) is 0 Å². The van der Waals surface area contributed by atoms with E-state index in [0.717, 1.165) is 24.8 Å². The van der Waals surface area contributed by atoms with Gasteiger partial charge in [-0.1, -0.05) is 57.6 Å². The average molecular weight is 404 g/mol. The summed E-state index contributed by atoms with van der Waals surface area (Å²) in [7, 11) is 0. The topological polar surface area (TPSA) is 38.9 Å². The molecule has 1 aliphatic carbocycles. The first kappa shape index (κ1) is 14.9. The predicted molar refractivity (Wildman–Crippen MR) is 82.9 cm³/mol. The lowest BCUT2D eigenvalue weighted by atomic mass is 10.1. The van der Waals surface area contributed by atoms with Gasteiger partial charge >= 0.3 is 5.92 Å². The Labute approximate surface area is 135 Å². The van der Waals surface area contributed by atoms with Crippen LogP contribution < -0.4 is 0 Å². The van der Waals surface area contributed by atoms with Gasteiger partial charge in [-0.3, -0.25) is 0 Å². The minimum atomic E-state index is -3.22. The van der Waals surface area contributed by atoms with Crippen molar-refractivity contribution in [2.45, 2.75) is 42.0 Å². The van der Waals surface area contributed by atoms with Crippen LogP contribution in [0.5, 0.6) is 0 Å². The minimum Gasteiger partial charge on any atom is -0.339 e. The number of hydrogen-bond donors (Lipinski definition) is 0. The zero-order chi connectivity index (χ0) is 15.0. The molecule has 1 aromatic carbocycles. The highest BCUT2D eigenvalue weighted by atomic mass is 127. The lowest BCUT2D eigenvalue weighted by molar-refractivity contribution is 0.0304. The van der Waals surface area contributed by atoms with Crippen molar-refractivity contribution in [3.05, 3.63) is 47.1 Å². The van der Waals surface area contributed by atoms with E-state index < -0.39 is 11.7 Å². The number of nitrogens with zero attached hydrogens (tertiary/aromatic N) is 2. The fourth-order valence-corrected chi connectivity index (χ4v) is 3.54. The quantitative estimate of drug-likeness (QED) is 0.555. The first-order chi connectivity index (χ1) is 9.96. The number of hydrogen-bond acceptors (Lipinski definition) is 3. The number of rotatable bonds is 3. The zero-order valence-corrected chi connectivity index (χ0v) is 13.7. The maximum absolute atomic E-state index is 14.4. The molecule has 0 N–H and O–H groups in total. The lowest BCUT2D eigenvalue weighted by Crippen LogP contribution is -2.17. The molecule has 2 atom stereocenters. The first-order valence-corrected chi connectivity index (χ1v) is 8.14. The van der Waals surface area contributed by atoms with Crippen LogP contribution >= 0.6 is 22.6 Å². The molecule has 0 unspecified atom stereocenters. The van der Waals surface area contributed by atoms with Crippen LogP contribution in [0.4, 0.5) is 8.78 Å². The summed E-state index contributed by atoms with van der Waals surface area (Å²) in [4.78, 5) is 3.97. The molecule has 1 fully saturated rings. The van der Waals surface area contributed by atoms with Crippen LogP contribution in [0, 0.1) is 6.92 Å². The largest absolute Gasteiger partial charge is 0.339 e. The maximum atomic E-state index is 14.4. The molecule has 2 aromatic rings. The van der Waals surface area contributed by atoms with Gasteiger partial charge in [0.15, 0.2) is 0 Å². The molecular weight excluding hydrogens is 389 g/mol. The Balaban J connectivity index is 1.86. The zero-order valence-electron chi connectivity index (χ0n) is 11.5. The third-order valence-electron chi connectivity index (χ3n) is 3.85. The predicted octanol–water partition coefficient (Wildman–Crippen LogP) is 4.59. The summed E-state index contributed by atoms with van der Waals surface area (Å²) >= 11 is 2.37. The van der Waals surface area contributed by atoms with Crippen LogP contribution in [0.2, 0.25) is 0 Å². The van der Waals surface area contributed by atoms with Gasteiger partial charge in [-0.05, 0) is 26.2 Å². The van der Waals surface area contributed by atoms with Crippen molar-refractivity contribution >= 4 is 22.6 Å². The highest BCUT2D eigenvalue weighted by molar-refractivity contribution is 14.1. The van der Waals surface area contributed by atoms with E-state index >= 15 is 0 Å². The fraction of sp³-hybridized carbons (Fsp3) is 0.467. The third kappa shape index (κ3) is 2.95. The van der Waals surface area contributed by atoms with Gasteiger partial charge in [0.25, 0.3) is 0 Å². The maximum Gasteiger partial charge on any atom is 0.335 e. The number of halogens is 3. The molecule has 3 rings (SSSR count). The lowest BCUT2D eigenvalue weighted by Gasteiger charge is -2.12. The van der Waals surface area contributed by atoms with Crippen molar-refractivity contribution in [1.82, 2.24) is 10.1 Å². The molecule has 1 aliphatic rings. The van der Waals surface area contributed by atoms with E-state index in [9.17, 15) is 8.78 Å². The summed E-state index contributed by atoms with van der Waals surface area (Å²) in [5.74, 6) is -3.31. The monoisotopic (exact) mass is 404 g/mol. The Kier molecular flexibility index (Phi) is 3.98. The summed E-state index contributed by atoms with van der Waals surface area (Å²) < 4.78 is 34.5. The van der Waals surface area contributed by atoms with E-state index in [2.05, 4.69) is 32.7 Å². The molecule has 0 amide bonds. The number of aromatic nitrogens is 2. The molecule has 0 radical (unpaired) electrons. The first-order valence-electron chi connectivity index (χ1n) is 6.90. The van der Waals surface area contributed by atoms with Crippen LogP contribution in [0.25, 0.3) is 0 Å². The Hall–Kier alpha value is -1.05. The number of benzene rings is 1. The molecule has 1 aromatic heterocycles. The van der Waals surface area contributed by atoms with Gasteiger partial charge < -0.3 is 4.52 Å². The number of alkyl halides is 3. The van der Waals surface area contributed by atoms with Gasteiger partial charge in [0, 0.05) is 15.4 Å². The average Bonchev–Trinajstić information content (AvgIpc) is 3.08. The second-order valence-electron chi connectivity index (χ2n) is 5.50. The summed E-state index contributed by atoms with van der Waals surface area (Å²) in [6.07, 6.45) is 2.90. The molecular formula is C15H15F2IN2O. The molecule has 1 heterocycles. The molecule has 0 aliphatic heterocycles. The standard InChI is InChI=1S/C15H15F2IN2O/c1-9-2-5-11(6-3-9)15(16,17)14-19-13(21-20-14)10-4-7-12(18)8-10/h2-3,5-6,10,12H,4,7-8H2,1H3/t10-,12-/m0/s1. The van der Waals surface area contributed by atoms with Crippen molar-refractivity contribution < 1.29 is 13.3 Å². The molecule has 112 valence electrons. The summed E-state index contributed by atoms with van der Waals surface area (Å²) in [6, 6.07) is 6.12. The van der Waals surface area contributed by atoms with Gasteiger partial charge in [0.2, 0.25) is 11.7 Å². The molecule has 6 heteroatoms. The van der Waals surface area contributed by atoms with E-state index in [-0.39, 0.29) is 11.5 Å². The van der Waals surface area contributed by atoms with Gasteiger partial charge in [0.1, 0.15) is 0 Å². The van der Waals surface area contributed by atoms with Crippen molar-refractivity contribution in [2.75, 3.05) is 0 Å². The highest BCUT2D eigenvalue weighted by Gasteiger charge is 2.40. The van der Waals surface area contributed by atoms with Crippen LogP contribution in [0.3, 0.4) is 0 Å². The summed E-state index contributed by atoms with van der Waals surface area (Å²) in [6.45, 7) is 1.86. The smallest absolute Gasteiger partial charge is 0.335 e. The van der Waals surface area contributed by atoms with E-state index in [1.165, 1.54) is 12.1 Å². The van der Waals surface area contributed by atoms with Crippen LogP contribution in [-0.2, 0) is 5.92 Å². The van der Waals surface area contributed by atoms with Gasteiger partial charge in [-0.25, -0.2) is 0 Å². The second-order valence-corrected chi connectivity index (χ2v) is 7.27. The van der Waals surface area contributed by atoms with Crippen LogP contribution in [-0.4, -0.2) is 14.1 Å². The third-order valence-corrected chi connectivity index (χ3v) is 4.99. The molecule has 0 saturated heterocycles. The van der Waals surface area contributed by atoms with Gasteiger partial charge in [-0.15, -0.1) is 0 Å². The SMILES string of the molecule is Cc1ccc(C(F)(F)c2noc([C@H]3CC[C@H](I)C3)n2)cc1. The Morgan fingerprint density at radius 1 is 1.24 bits per heavy atom. The summed E-state index contributed by atoms with van der Waals surface area (Å²) in [5.41, 5.74) is 0.820. The molecule has 1 saturated carbocycles. The van der Waals surface area contributed by atoms with Crippen LogP contribution in [0.1, 0.15) is 48.0 Å². The number of aryl methyl sites for hydroxylation is 1. The molecule has 0 bridgehead atoms. The molecule has 21 heavy (non-hydrogen) atoms. The Morgan fingerprint density at radius 2 is 1.95 bits per heavy atom. The van der Waals surface area contributed by atoms with Crippen molar-refractivity contribution in [2.24, 2.45) is 0 Å². The molecule has 0 spiro atoms. The van der Waals surface area contributed by atoms with Crippen LogP contribution in [0.15, 0.2) is 28.8 Å². The normalized spacial score (nSPS) is 22.7. The van der Waals surface area contributed by atoms with E-state index in [0.29, 0.717) is 9.82 Å². The van der Waals surface area contributed by atoms with Gasteiger partial charge in [-0.2, -0.15) is 13.8 Å². The second kappa shape index (κ2) is 5.62.